The van der Waals surface area contributed by atoms with E-state index >= 15 is 0 Å². The number of nitrogens with zero attached hydrogens (tertiary/aromatic N) is 5. The van der Waals surface area contributed by atoms with Crippen molar-refractivity contribution in [1.82, 2.24) is 24.7 Å². The largest absolute Gasteiger partial charge is 0.360 e. The van der Waals surface area contributed by atoms with Crippen molar-refractivity contribution in [2.75, 3.05) is 32.0 Å². The molecule has 0 aromatic carbocycles. The zero-order valence-electron chi connectivity index (χ0n) is 16.0. The van der Waals surface area contributed by atoms with E-state index in [0.717, 1.165) is 25.9 Å². The van der Waals surface area contributed by atoms with E-state index in [-0.39, 0.29) is 12.1 Å². The molecule has 3 rings (SSSR count). The third-order valence-electron chi connectivity index (χ3n) is 5.05. The molecular formula is C18H28N6O2. The van der Waals surface area contributed by atoms with E-state index in [0.29, 0.717) is 24.0 Å². The van der Waals surface area contributed by atoms with Gasteiger partial charge in [-0.3, -0.25) is 14.9 Å². The highest BCUT2D eigenvalue weighted by molar-refractivity contribution is 5.88. The Kier molecular flexibility index (Phi) is 5.61. The molecule has 1 saturated heterocycles. The maximum absolute atomic E-state index is 12.5. The van der Waals surface area contributed by atoms with E-state index in [1.807, 2.05) is 25.0 Å². The number of aromatic nitrogens is 3. The molecule has 2 aromatic rings. The summed E-state index contributed by atoms with van der Waals surface area (Å²) >= 11 is 0. The monoisotopic (exact) mass is 360 g/mol. The van der Waals surface area contributed by atoms with Crippen molar-refractivity contribution < 1.29 is 9.32 Å². The first-order chi connectivity index (χ1) is 12.5. The average molecular weight is 360 g/mol. The Bertz CT molecular complexity index is 740. The lowest BCUT2D eigenvalue weighted by molar-refractivity contribution is 0.0828. The minimum atomic E-state index is -0.170. The van der Waals surface area contributed by atoms with Crippen LogP contribution in [0.4, 0.5) is 10.6 Å². The van der Waals surface area contributed by atoms with Crippen molar-refractivity contribution in [3.8, 4) is 0 Å². The second-order valence-corrected chi connectivity index (χ2v) is 7.06. The van der Waals surface area contributed by atoms with Gasteiger partial charge in [0.25, 0.3) is 0 Å². The first kappa shape index (κ1) is 18.4. The highest BCUT2D eigenvalue weighted by Crippen LogP contribution is 2.36. The van der Waals surface area contributed by atoms with Crippen molar-refractivity contribution in [3.63, 3.8) is 0 Å². The molecule has 8 nitrogen and oxygen atoms in total. The molecule has 1 N–H and O–H groups in total. The fraction of sp³-hybridized carbons (Fsp3) is 0.611. The minimum Gasteiger partial charge on any atom is -0.360 e. The lowest BCUT2D eigenvalue weighted by Gasteiger charge is -2.41. The van der Waals surface area contributed by atoms with Crippen LogP contribution in [-0.4, -0.2) is 57.5 Å². The molecule has 142 valence electrons. The summed E-state index contributed by atoms with van der Waals surface area (Å²) in [5.41, 5.74) is 1.22. The number of aryl methyl sites for hydroxylation is 2. The topological polar surface area (TPSA) is 79.4 Å². The summed E-state index contributed by atoms with van der Waals surface area (Å²) in [6, 6.07) is 1.83. The van der Waals surface area contributed by atoms with Gasteiger partial charge in [-0.15, -0.1) is 0 Å². The van der Waals surface area contributed by atoms with Crippen molar-refractivity contribution in [2.24, 2.45) is 13.0 Å². The van der Waals surface area contributed by atoms with Crippen LogP contribution in [0.5, 0.6) is 0 Å². The number of carbonyl (C=O) groups is 1. The number of hydrogen-bond donors (Lipinski definition) is 1. The smallest absolute Gasteiger partial charge is 0.322 e. The number of piperidine rings is 1. The summed E-state index contributed by atoms with van der Waals surface area (Å²) in [4.78, 5) is 16.7. The lowest BCUT2D eigenvalue weighted by Crippen LogP contribution is -2.44. The molecule has 1 aliphatic rings. The standard InChI is InChI=1S/C18H28N6O2/c1-5-24-8-6-7-14(17(24)15-10-19-23(4)12-15)11-22(3)18(25)20-16-9-13(2)26-21-16/h9-10,12,14,17H,5-8,11H2,1-4H3,(H,20,21,25)/t14-,17+/m0/s1. The number of rotatable bonds is 5. The highest BCUT2D eigenvalue weighted by Gasteiger charge is 2.34. The molecule has 1 aliphatic heterocycles. The van der Waals surface area contributed by atoms with E-state index in [9.17, 15) is 4.79 Å². The van der Waals surface area contributed by atoms with Crippen LogP contribution in [0.2, 0.25) is 0 Å². The molecule has 26 heavy (non-hydrogen) atoms. The quantitative estimate of drug-likeness (QED) is 0.887. The van der Waals surface area contributed by atoms with Gasteiger partial charge in [0.1, 0.15) is 5.76 Å². The maximum Gasteiger partial charge on any atom is 0.322 e. The van der Waals surface area contributed by atoms with Crippen molar-refractivity contribution >= 4 is 11.8 Å². The van der Waals surface area contributed by atoms with Crippen molar-refractivity contribution in [1.29, 1.82) is 0 Å². The fourth-order valence-electron chi connectivity index (χ4n) is 3.84. The third-order valence-corrected chi connectivity index (χ3v) is 5.05. The maximum atomic E-state index is 12.5. The van der Waals surface area contributed by atoms with Crippen LogP contribution >= 0.6 is 0 Å². The number of hydrogen-bond acceptors (Lipinski definition) is 5. The zero-order chi connectivity index (χ0) is 18.7. The first-order valence-electron chi connectivity index (χ1n) is 9.16. The van der Waals surface area contributed by atoms with Crippen LogP contribution in [0, 0.1) is 12.8 Å². The normalized spacial score (nSPS) is 20.9. The number of nitrogens with one attached hydrogen (secondary N) is 1. The van der Waals surface area contributed by atoms with Crippen LogP contribution in [0.1, 0.15) is 37.1 Å². The van der Waals surface area contributed by atoms with Crippen LogP contribution in [0.3, 0.4) is 0 Å². The van der Waals surface area contributed by atoms with Gasteiger partial charge in [0.2, 0.25) is 0 Å². The van der Waals surface area contributed by atoms with Crippen LogP contribution in [-0.2, 0) is 7.05 Å². The van der Waals surface area contributed by atoms with E-state index in [2.05, 4.69) is 33.6 Å². The molecule has 0 aliphatic carbocycles. The summed E-state index contributed by atoms with van der Waals surface area (Å²) in [6.45, 7) is 6.74. The van der Waals surface area contributed by atoms with Gasteiger partial charge in [0, 0.05) is 44.5 Å². The Hall–Kier alpha value is -2.35. The van der Waals surface area contributed by atoms with Gasteiger partial charge < -0.3 is 9.42 Å². The molecule has 1 fully saturated rings. The molecule has 0 bridgehead atoms. The molecule has 8 heteroatoms. The molecule has 2 amide bonds. The average Bonchev–Trinajstić information content (AvgIpc) is 3.22. The van der Waals surface area contributed by atoms with Gasteiger partial charge in [0.15, 0.2) is 5.82 Å². The van der Waals surface area contributed by atoms with Gasteiger partial charge in [-0.05, 0) is 38.8 Å². The van der Waals surface area contributed by atoms with Crippen LogP contribution in [0.25, 0.3) is 0 Å². The van der Waals surface area contributed by atoms with Crippen LogP contribution in [0.15, 0.2) is 23.0 Å². The molecule has 2 aromatic heterocycles. The van der Waals surface area contributed by atoms with Gasteiger partial charge >= 0.3 is 6.03 Å². The molecule has 0 radical (unpaired) electrons. The molecular weight excluding hydrogens is 332 g/mol. The van der Waals surface area contributed by atoms with E-state index in [4.69, 9.17) is 4.52 Å². The van der Waals surface area contributed by atoms with E-state index < -0.39 is 0 Å². The van der Waals surface area contributed by atoms with E-state index in [1.54, 1.807) is 17.9 Å². The fourth-order valence-corrected chi connectivity index (χ4v) is 3.84. The second-order valence-electron chi connectivity index (χ2n) is 7.06. The Balaban J connectivity index is 1.69. The third kappa shape index (κ3) is 4.07. The number of carbonyl (C=O) groups excluding carboxylic acids is 1. The molecule has 2 atom stereocenters. The number of urea groups is 1. The predicted octanol–water partition coefficient (Wildman–Crippen LogP) is 2.65. The second kappa shape index (κ2) is 7.90. The lowest BCUT2D eigenvalue weighted by atomic mass is 9.85. The molecule has 0 saturated carbocycles. The summed E-state index contributed by atoms with van der Waals surface area (Å²) in [7, 11) is 3.77. The Labute approximate surface area is 154 Å². The van der Waals surface area contributed by atoms with Gasteiger partial charge in [-0.25, -0.2) is 4.79 Å². The van der Waals surface area contributed by atoms with Gasteiger partial charge in [-0.1, -0.05) is 12.1 Å². The number of anilines is 1. The SMILES string of the molecule is CCN1CCC[C@@H](CN(C)C(=O)Nc2cc(C)on2)[C@@H]1c1cnn(C)c1. The Morgan fingerprint density at radius 3 is 2.92 bits per heavy atom. The molecule has 3 heterocycles. The minimum absolute atomic E-state index is 0.170. The van der Waals surface area contributed by atoms with Crippen molar-refractivity contribution in [3.05, 3.63) is 29.8 Å². The first-order valence-corrected chi connectivity index (χ1v) is 9.16. The summed E-state index contributed by atoms with van der Waals surface area (Å²) in [5, 5.41) is 11.0. The Morgan fingerprint density at radius 1 is 1.50 bits per heavy atom. The Morgan fingerprint density at radius 2 is 2.31 bits per heavy atom. The number of likely N-dealkylation sites (tertiary alicyclic amines) is 1. The summed E-state index contributed by atoms with van der Waals surface area (Å²) in [5.74, 6) is 1.48. The van der Waals surface area contributed by atoms with Gasteiger partial charge in [0.05, 0.1) is 6.20 Å². The molecule has 0 spiro atoms. The van der Waals surface area contributed by atoms with Gasteiger partial charge in [-0.2, -0.15) is 5.10 Å². The zero-order valence-corrected chi connectivity index (χ0v) is 16.0. The summed E-state index contributed by atoms with van der Waals surface area (Å²) in [6.07, 6.45) is 6.28. The summed E-state index contributed by atoms with van der Waals surface area (Å²) < 4.78 is 6.85. The van der Waals surface area contributed by atoms with Crippen molar-refractivity contribution in [2.45, 2.75) is 32.7 Å². The number of amides is 2. The van der Waals surface area contributed by atoms with Crippen LogP contribution < -0.4 is 5.32 Å². The molecule has 0 unspecified atom stereocenters. The highest BCUT2D eigenvalue weighted by atomic mass is 16.5. The predicted molar refractivity (Wildman–Crippen MR) is 98.8 cm³/mol. The van der Waals surface area contributed by atoms with E-state index in [1.165, 1.54) is 5.56 Å².